The highest BCUT2D eigenvalue weighted by atomic mass is 35.5. The molecule has 0 spiro atoms. The van der Waals surface area contributed by atoms with E-state index in [0.29, 0.717) is 5.02 Å². The summed E-state index contributed by atoms with van der Waals surface area (Å²) in [5.41, 5.74) is 8.00. The normalized spacial score (nSPS) is 12.4. The molecule has 0 aromatic heterocycles. The number of rotatable bonds is 2. The molecule has 0 aliphatic rings. The minimum Gasteiger partial charge on any atom is -0.506 e. The molecule has 1 atom stereocenters. The first-order valence-electron chi connectivity index (χ1n) is 4.97. The summed E-state index contributed by atoms with van der Waals surface area (Å²) in [5, 5.41) is 9.65. The third kappa shape index (κ3) is 2.18. The molecular formula is C13H12ClNO. The first kappa shape index (κ1) is 11.0. The van der Waals surface area contributed by atoms with Crippen LogP contribution in [0, 0.1) is 0 Å². The van der Waals surface area contributed by atoms with Gasteiger partial charge in [-0.2, -0.15) is 0 Å². The Morgan fingerprint density at radius 1 is 1.00 bits per heavy atom. The predicted molar refractivity (Wildman–Crippen MR) is 65.6 cm³/mol. The van der Waals surface area contributed by atoms with Crippen molar-refractivity contribution in [2.75, 3.05) is 0 Å². The van der Waals surface area contributed by atoms with Crippen LogP contribution >= 0.6 is 11.6 Å². The lowest BCUT2D eigenvalue weighted by Gasteiger charge is -2.13. The molecule has 0 amide bonds. The maximum Gasteiger partial charge on any atom is 0.134 e. The summed E-state index contributed by atoms with van der Waals surface area (Å²) in [6.07, 6.45) is 0. The molecule has 0 radical (unpaired) electrons. The molecule has 0 aliphatic carbocycles. The zero-order valence-corrected chi connectivity index (χ0v) is 9.35. The zero-order chi connectivity index (χ0) is 11.5. The summed E-state index contributed by atoms with van der Waals surface area (Å²) in [7, 11) is 0. The Balaban J connectivity index is 2.34. The van der Waals surface area contributed by atoms with E-state index in [4.69, 9.17) is 17.3 Å². The van der Waals surface area contributed by atoms with Gasteiger partial charge in [0.05, 0.1) is 11.1 Å². The average Bonchev–Trinajstić information content (AvgIpc) is 2.33. The van der Waals surface area contributed by atoms with Gasteiger partial charge in [-0.25, -0.2) is 0 Å². The highest BCUT2D eigenvalue weighted by molar-refractivity contribution is 6.32. The predicted octanol–water partition coefficient (Wildman–Crippen LogP) is 3.09. The number of hydrogen-bond donors (Lipinski definition) is 2. The van der Waals surface area contributed by atoms with Gasteiger partial charge in [0, 0.05) is 0 Å². The third-order valence-corrected chi connectivity index (χ3v) is 2.79. The Bertz CT molecular complexity index is 485. The molecular weight excluding hydrogens is 222 g/mol. The van der Waals surface area contributed by atoms with Crippen LogP contribution in [0.3, 0.4) is 0 Å². The Labute approximate surface area is 99.3 Å². The van der Waals surface area contributed by atoms with Crippen molar-refractivity contribution in [2.24, 2.45) is 5.73 Å². The lowest BCUT2D eigenvalue weighted by atomic mass is 10.00. The summed E-state index contributed by atoms with van der Waals surface area (Å²) in [5.74, 6) is 0.0747. The second-order valence-corrected chi connectivity index (χ2v) is 4.01. The molecule has 0 heterocycles. The SMILES string of the molecule is NC(c1ccccc1)c1ccc(O)c(Cl)c1. The number of phenolic OH excluding ortho intramolecular Hbond substituents is 1. The second kappa shape index (κ2) is 4.56. The number of nitrogens with two attached hydrogens (primary N) is 1. The van der Waals surface area contributed by atoms with Crippen molar-refractivity contribution in [2.45, 2.75) is 6.04 Å². The highest BCUT2D eigenvalue weighted by Crippen LogP contribution is 2.28. The van der Waals surface area contributed by atoms with Gasteiger partial charge in [0.15, 0.2) is 0 Å². The monoisotopic (exact) mass is 233 g/mol. The molecule has 3 heteroatoms. The molecule has 1 unspecified atom stereocenters. The van der Waals surface area contributed by atoms with Crippen molar-refractivity contribution < 1.29 is 5.11 Å². The average molecular weight is 234 g/mol. The van der Waals surface area contributed by atoms with E-state index in [9.17, 15) is 5.11 Å². The van der Waals surface area contributed by atoms with E-state index in [1.165, 1.54) is 0 Å². The van der Waals surface area contributed by atoms with Gasteiger partial charge in [-0.15, -0.1) is 0 Å². The van der Waals surface area contributed by atoms with Crippen LogP contribution in [-0.2, 0) is 0 Å². The molecule has 82 valence electrons. The first-order valence-corrected chi connectivity index (χ1v) is 5.35. The minimum atomic E-state index is -0.223. The maximum atomic E-state index is 9.32. The van der Waals surface area contributed by atoms with Gasteiger partial charge in [-0.05, 0) is 23.3 Å². The van der Waals surface area contributed by atoms with E-state index in [1.54, 1.807) is 18.2 Å². The van der Waals surface area contributed by atoms with E-state index in [-0.39, 0.29) is 11.8 Å². The smallest absolute Gasteiger partial charge is 0.134 e. The Morgan fingerprint density at radius 2 is 1.69 bits per heavy atom. The number of benzene rings is 2. The fraction of sp³-hybridized carbons (Fsp3) is 0.0769. The van der Waals surface area contributed by atoms with Crippen LogP contribution < -0.4 is 5.73 Å². The summed E-state index contributed by atoms with van der Waals surface area (Å²) in [4.78, 5) is 0. The Kier molecular flexibility index (Phi) is 3.13. The van der Waals surface area contributed by atoms with Crippen LogP contribution in [0.5, 0.6) is 5.75 Å². The molecule has 0 saturated heterocycles. The van der Waals surface area contributed by atoms with Gasteiger partial charge in [-0.3, -0.25) is 0 Å². The standard InChI is InChI=1S/C13H12ClNO/c14-11-8-10(6-7-12(11)16)13(15)9-4-2-1-3-5-9/h1-8,13,16H,15H2. The van der Waals surface area contributed by atoms with Crippen LogP contribution in [-0.4, -0.2) is 5.11 Å². The topological polar surface area (TPSA) is 46.2 Å². The Morgan fingerprint density at radius 3 is 2.31 bits per heavy atom. The molecule has 0 saturated carbocycles. The fourth-order valence-corrected chi connectivity index (χ4v) is 1.76. The van der Waals surface area contributed by atoms with Crippen LogP contribution in [0.1, 0.15) is 17.2 Å². The fourth-order valence-electron chi connectivity index (χ4n) is 1.57. The molecule has 2 aromatic rings. The number of phenols is 1. The lowest BCUT2D eigenvalue weighted by Crippen LogP contribution is -2.11. The van der Waals surface area contributed by atoms with Crippen LogP contribution in [0.4, 0.5) is 0 Å². The zero-order valence-electron chi connectivity index (χ0n) is 8.60. The quantitative estimate of drug-likeness (QED) is 0.837. The third-order valence-electron chi connectivity index (χ3n) is 2.49. The molecule has 3 N–H and O–H groups in total. The van der Waals surface area contributed by atoms with Gasteiger partial charge >= 0.3 is 0 Å². The lowest BCUT2D eigenvalue weighted by molar-refractivity contribution is 0.475. The van der Waals surface area contributed by atoms with Gasteiger partial charge < -0.3 is 10.8 Å². The molecule has 16 heavy (non-hydrogen) atoms. The summed E-state index contributed by atoms with van der Waals surface area (Å²) >= 11 is 5.84. The molecule has 0 fully saturated rings. The van der Waals surface area contributed by atoms with Crippen molar-refractivity contribution in [3.05, 3.63) is 64.7 Å². The molecule has 0 bridgehead atoms. The molecule has 0 aliphatic heterocycles. The summed E-state index contributed by atoms with van der Waals surface area (Å²) < 4.78 is 0. The highest BCUT2D eigenvalue weighted by Gasteiger charge is 2.09. The largest absolute Gasteiger partial charge is 0.506 e. The summed E-state index contributed by atoms with van der Waals surface area (Å²) in [6, 6.07) is 14.6. The van der Waals surface area contributed by atoms with Gasteiger partial charge in [0.2, 0.25) is 0 Å². The van der Waals surface area contributed by atoms with Crippen molar-refractivity contribution in [3.8, 4) is 5.75 Å². The van der Waals surface area contributed by atoms with Gasteiger partial charge in [0.1, 0.15) is 5.75 Å². The van der Waals surface area contributed by atoms with Crippen molar-refractivity contribution in [3.63, 3.8) is 0 Å². The minimum absolute atomic E-state index is 0.0747. The molecule has 2 aromatic carbocycles. The van der Waals surface area contributed by atoms with Crippen LogP contribution in [0.25, 0.3) is 0 Å². The van der Waals surface area contributed by atoms with Crippen LogP contribution in [0.2, 0.25) is 5.02 Å². The number of hydrogen-bond acceptors (Lipinski definition) is 2. The van der Waals surface area contributed by atoms with Crippen molar-refractivity contribution in [1.29, 1.82) is 0 Å². The number of halogens is 1. The van der Waals surface area contributed by atoms with Crippen molar-refractivity contribution in [1.82, 2.24) is 0 Å². The first-order chi connectivity index (χ1) is 7.68. The summed E-state index contributed by atoms with van der Waals surface area (Å²) in [6.45, 7) is 0. The van der Waals surface area contributed by atoms with E-state index >= 15 is 0 Å². The van der Waals surface area contributed by atoms with E-state index in [1.807, 2.05) is 30.3 Å². The maximum absolute atomic E-state index is 9.32. The van der Waals surface area contributed by atoms with E-state index in [0.717, 1.165) is 11.1 Å². The van der Waals surface area contributed by atoms with Gasteiger partial charge in [0.25, 0.3) is 0 Å². The van der Waals surface area contributed by atoms with E-state index in [2.05, 4.69) is 0 Å². The van der Waals surface area contributed by atoms with E-state index < -0.39 is 0 Å². The van der Waals surface area contributed by atoms with Crippen molar-refractivity contribution >= 4 is 11.6 Å². The second-order valence-electron chi connectivity index (χ2n) is 3.60. The Hall–Kier alpha value is -1.51. The van der Waals surface area contributed by atoms with Crippen LogP contribution in [0.15, 0.2) is 48.5 Å². The number of aromatic hydroxyl groups is 1. The molecule has 2 rings (SSSR count). The molecule has 2 nitrogen and oxygen atoms in total. The van der Waals surface area contributed by atoms with Gasteiger partial charge in [-0.1, -0.05) is 48.0 Å².